The molecule has 0 saturated carbocycles. The van der Waals surface area contributed by atoms with Crippen LogP contribution in [0.1, 0.15) is 45.7 Å². The average molecular weight is 325 g/mol. The summed E-state index contributed by atoms with van der Waals surface area (Å²) in [5.41, 5.74) is 1.64. The molecule has 0 aliphatic carbocycles. The summed E-state index contributed by atoms with van der Waals surface area (Å²) in [7, 11) is 0. The Labute approximate surface area is 125 Å². The molecule has 1 aromatic carbocycles. The topological polar surface area (TPSA) is 15.3 Å². The van der Waals surface area contributed by atoms with E-state index in [1.807, 2.05) is 0 Å². The van der Waals surface area contributed by atoms with E-state index in [0.29, 0.717) is 12.1 Å². The van der Waals surface area contributed by atoms with Crippen molar-refractivity contribution >= 4 is 15.9 Å². The van der Waals surface area contributed by atoms with E-state index < -0.39 is 0 Å². The zero-order valence-corrected chi connectivity index (χ0v) is 14.0. The molecule has 1 N–H and O–H groups in total. The van der Waals surface area contributed by atoms with Crippen LogP contribution in [0.2, 0.25) is 0 Å². The highest BCUT2D eigenvalue weighted by Gasteiger charge is 2.35. The van der Waals surface area contributed by atoms with Crippen molar-refractivity contribution in [2.45, 2.75) is 51.7 Å². The SMILES string of the molecule is CCC1(C)CN(C(C)c2ccc(Br)cc2)C(C)CN1. The molecule has 0 aromatic heterocycles. The predicted molar refractivity (Wildman–Crippen MR) is 85.4 cm³/mol. The van der Waals surface area contributed by atoms with Gasteiger partial charge in [-0.1, -0.05) is 35.0 Å². The fourth-order valence-corrected chi connectivity index (χ4v) is 3.08. The lowest BCUT2D eigenvalue weighted by atomic mass is 9.91. The Hall–Kier alpha value is -0.380. The highest BCUT2D eigenvalue weighted by molar-refractivity contribution is 9.10. The first-order chi connectivity index (χ1) is 8.95. The van der Waals surface area contributed by atoms with Crippen LogP contribution in [0.15, 0.2) is 28.7 Å². The van der Waals surface area contributed by atoms with Gasteiger partial charge in [-0.15, -0.1) is 0 Å². The lowest BCUT2D eigenvalue weighted by Gasteiger charge is -2.47. The van der Waals surface area contributed by atoms with E-state index in [2.05, 4.69) is 78.1 Å². The number of hydrogen-bond acceptors (Lipinski definition) is 2. The Morgan fingerprint density at radius 3 is 2.63 bits per heavy atom. The monoisotopic (exact) mass is 324 g/mol. The van der Waals surface area contributed by atoms with Gasteiger partial charge in [0.15, 0.2) is 0 Å². The average Bonchev–Trinajstić information content (AvgIpc) is 2.42. The predicted octanol–water partition coefficient (Wildman–Crippen LogP) is 3.97. The van der Waals surface area contributed by atoms with Gasteiger partial charge in [0.25, 0.3) is 0 Å². The summed E-state index contributed by atoms with van der Waals surface area (Å²) in [6, 6.07) is 9.78. The normalized spacial score (nSPS) is 30.3. The number of hydrogen-bond donors (Lipinski definition) is 1. The van der Waals surface area contributed by atoms with Crippen LogP contribution in [-0.2, 0) is 0 Å². The summed E-state index contributed by atoms with van der Waals surface area (Å²) >= 11 is 3.51. The van der Waals surface area contributed by atoms with Crippen molar-refractivity contribution in [3.05, 3.63) is 34.3 Å². The van der Waals surface area contributed by atoms with Crippen molar-refractivity contribution in [2.24, 2.45) is 0 Å². The van der Waals surface area contributed by atoms with E-state index in [1.54, 1.807) is 0 Å². The number of benzene rings is 1. The Balaban J connectivity index is 2.16. The van der Waals surface area contributed by atoms with Crippen molar-refractivity contribution < 1.29 is 0 Å². The summed E-state index contributed by atoms with van der Waals surface area (Å²) in [6.07, 6.45) is 1.17. The molecule has 2 nitrogen and oxygen atoms in total. The largest absolute Gasteiger partial charge is 0.309 e. The van der Waals surface area contributed by atoms with Crippen molar-refractivity contribution in [1.82, 2.24) is 10.2 Å². The van der Waals surface area contributed by atoms with E-state index in [1.165, 1.54) is 12.0 Å². The number of halogens is 1. The minimum absolute atomic E-state index is 0.246. The maximum atomic E-state index is 3.69. The zero-order chi connectivity index (χ0) is 14.0. The molecule has 1 aromatic rings. The molecule has 3 heteroatoms. The highest BCUT2D eigenvalue weighted by atomic mass is 79.9. The first-order valence-corrected chi connectivity index (χ1v) is 8.01. The molecule has 2 rings (SSSR count). The van der Waals surface area contributed by atoms with Gasteiger partial charge in [0.2, 0.25) is 0 Å². The van der Waals surface area contributed by atoms with Gasteiger partial charge < -0.3 is 5.32 Å². The van der Waals surface area contributed by atoms with E-state index in [4.69, 9.17) is 0 Å². The third-order valence-corrected chi connectivity index (χ3v) is 5.08. The molecule has 0 radical (unpaired) electrons. The van der Waals surface area contributed by atoms with Gasteiger partial charge in [0.1, 0.15) is 0 Å². The minimum atomic E-state index is 0.246. The molecule has 106 valence electrons. The molecule has 19 heavy (non-hydrogen) atoms. The summed E-state index contributed by atoms with van der Waals surface area (Å²) < 4.78 is 1.15. The molecule has 3 unspecified atom stereocenters. The van der Waals surface area contributed by atoms with Crippen LogP contribution in [-0.4, -0.2) is 29.6 Å². The number of nitrogens with one attached hydrogen (secondary N) is 1. The van der Waals surface area contributed by atoms with Crippen molar-refractivity contribution in [1.29, 1.82) is 0 Å². The fraction of sp³-hybridized carbons (Fsp3) is 0.625. The summed E-state index contributed by atoms with van der Waals surface area (Å²) in [5, 5.41) is 3.69. The van der Waals surface area contributed by atoms with Crippen LogP contribution in [0.25, 0.3) is 0 Å². The van der Waals surface area contributed by atoms with Crippen LogP contribution in [0.4, 0.5) is 0 Å². The zero-order valence-electron chi connectivity index (χ0n) is 12.4. The third-order valence-electron chi connectivity index (χ3n) is 4.55. The molecular weight excluding hydrogens is 300 g/mol. The first kappa shape index (κ1) is 15.0. The quantitative estimate of drug-likeness (QED) is 0.904. The molecule has 0 bridgehead atoms. The molecule has 1 heterocycles. The van der Waals surface area contributed by atoms with E-state index in [9.17, 15) is 0 Å². The minimum Gasteiger partial charge on any atom is -0.309 e. The van der Waals surface area contributed by atoms with Crippen LogP contribution in [0.5, 0.6) is 0 Å². The Kier molecular flexibility index (Phi) is 4.70. The fourth-order valence-electron chi connectivity index (χ4n) is 2.81. The summed E-state index contributed by atoms with van der Waals surface area (Å²) in [4.78, 5) is 2.63. The molecule has 0 amide bonds. The second kappa shape index (κ2) is 5.94. The van der Waals surface area contributed by atoms with Crippen molar-refractivity contribution in [3.8, 4) is 0 Å². The Bertz CT molecular complexity index is 417. The first-order valence-electron chi connectivity index (χ1n) is 7.21. The summed E-state index contributed by atoms with van der Waals surface area (Å²) in [5.74, 6) is 0. The Morgan fingerprint density at radius 1 is 1.42 bits per heavy atom. The molecule has 0 spiro atoms. The van der Waals surface area contributed by atoms with E-state index in [0.717, 1.165) is 17.6 Å². The second-order valence-electron chi connectivity index (χ2n) is 6.04. The third kappa shape index (κ3) is 3.39. The molecule has 1 saturated heterocycles. The lowest BCUT2D eigenvalue weighted by molar-refractivity contribution is 0.0597. The molecule has 1 aliphatic rings. The van der Waals surface area contributed by atoms with Crippen LogP contribution < -0.4 is 5.32 Å². The van der Waals surface area contributed by atoms with Gasteiger partial charge in [-0.25, -0.2) is 0 Å². The van der Waals surface area contributed by atoms with Gasteiger partial charge in [-0.3, -0.25) is 4.90 Å². The van der Waals surface area contributed by atoms with Gasteiger partial charge in [-0.2, -0.15) is 0 Å². The smallest absolute Gasteiger partial charge is 0.0324 e. The van der Waals surface area contributed by atoms with E-state index >= 15 is 0 Å². The molecule has 1 fully saturated rings. The van der Waals surface area contributed by atoms with Crippen LogP contribution in [0.3, 0.4) is 0 Å². The standard InChI is InChI=1S/C16H25BrN2/c1-5-16(4)11-19(12(2)10-18-16)13(3)14-6-8-15(17)9-7-14/h6-9,12-13,18H,5,10-11H2,1-4H3. The van der Waals surface area contributed by atoms with Gasteiger partial charge in [0.05, 0.1) is 0 Å². The van der Waals surface area contributed by atoms with Gasteiger partial charge in [-0.05, 0) is 44.9 Å². The number of piperazine rings is 1. The van der Waals surface area contributed by atoms with Gasteiger partial charge in [0, 0.05) is 35.2 Å². The van der Waals surface area contributed by atoms with Gasteiger partial charge >= 0.3 is 0 Å². The molecule has 3 atom stereocenters. The van der Waals surface area contributed by atoms with Crippen LogP contribution in [0, 0.1) is 0 Å². The van der Waals surface area contributed by atoms with Crippen LogP contribution >= 0.6 is 15.9 Å². The van der Waals surface area contributed by atoms with Crippen molar-refractivity contribution in [2.75, 3.05) is 13.1 Å². The van der Waals surface area contributed by atoms with E-state index in [-0.39, 0.29) is 5.54 Å². The second-order valence-corrected chi connectivity index (χ2v) is 6.96. The number of nitrogens with zero attached hydrogens (tertiary/aromatic N) is 1. The Morgan fingerprint density at radius 2 is 2.05 bits per heavy atom. The maximum Gasteiger partial charge on any atom is 0.0324 e. The maximum absolute atomic E-state index is 3.69. The lowest BCUT2D eigenvalue weighted by Crippen LogP contribution is -2.62. The summed E-state index contributed by atoms with van der Waals surface area (Å²) in [6.45, 7) is 11.4. The molecular formula is C16H25BrN2. The van der Waals surface area contributed by atoms with Crippen molar-refractivity contribution in [3.63, 3.8) is 0 Å². The number of rotatable bonds is 3. The molecule has 1 aliphatic heterocycles. The highest BCUT2D eigenvalue weighted by Crippen LogP contribution is 2.29.